The number of likely N-dealkylation sites (N-methyl/N-ethyl adjacent to an activating group) is 1. The van der Waals surface area contributed by atoms with Crippen molar-refractivity contribution in [1.82, 2.24) is 15.3 Å². The Morgan fingerprint density at radius 3 is 2.81 bits per heavy atom. The molecule has 1 aliphatic rings. The van der Waals surface area contributed by atoms with Crippen molar-refractivity contribution in [1.29, 1.82) is 5.41 Å². The van der Waals surface area contributed by atoms with Gasteiger partial charge >= 0.3 is 6.09 Å². The number of ether oxygens (including phenoxy) is 1. The highest BCUT2D eigenvalue weighted by Crippen LogP contribution is 2.26. The zero-order valence-electron chi connectivity index (χ0n) is 18.3. The SMILES string of the molecule is CN1CCc2cc(C(=N)NC(=S)Nc3ncccc3N(C)C(=O)OC(C)(C)C)ncc21. The third-order valence-corrected chi connectivity index (χ3v) is 4.84. The lowest BCUT2D eigenvalue weighted by atomic mass is 10.2. The van der Waals surface area contributed by atoms with Crippen LogP contribution in [0, 0.1) is 5.41 Å². The number of nitrogens with zero attached hydrogens (tertiary/aromatic N) is 4. The quantitative estimate of drug-likeness (QED) is 0.379. The van der Waals surface area contributed by atoms with Gasteiger partial charge in [0.05, 0.1) is 17.6 Å². The molecule has 0 unspecified atom stereocenters. The molecule has 3 N–H and O–H groups in total. The molecule has 10 heteroatoms. The van der Waals surface area contributed by atoms with Gasteiger partial charge < -0.3 is 20.3 Å². The Balaban J connectivity index is 1.68. The number of nitrogens with one attached hydrogen (secondary N) is 3. The van der Waals surface area contributed by atoms with Gasteiger partial charge in [-0.25, -0.2) is 9.78 Å². The van der Waals surface area contributed by atoms with E-state index in [1.807, 2.05) is 13.1 Å². The number of amidine groups is 1. The molecular formula is C21H27N7O2S. The van der Waals surface area contributed by atoms with E-state index >= 15 is 0 Å². The summed E-state index contributed by atoms with van der Waals surface area (Å²) in [7, 11) is 3.62. The molecule has 0 aromatic carbocycles. The Labute approximate surface area is 187 Å². The number of aromatic nitrogens is 2. The van der Waals surface area contributed by atoms with Crippen molar-refractivity contribution in [2.24, 2.45) is 0 Å². The molecule has 31 heavy (non-hydrogen) atoms. The highest BCUT2D eigenvalue weighted by molar-refractivity contribution is 7.80. The summed E-state index contributed by atoms with van der Waals surface area (Å²) in [4.78, 5) is 24.6. The number of amides is 1. The Bertz CT molecular complexity index is 1020. The van der Waals surface area contributed by atoms with E-state index in [-0.39, 0.29) is 10.9 Å². The summed E-state index contributed by atoms with van der Waals surface area (Å²) in [6, 6.07) is 5.34. The number of thiocarbonyl (C=S) groups is 1. The highest BCUT2D eigenvalue weighted by Gasteiger charge is 2.23. The number of carbonyl (C=O) groups is 1. The first kappa shape index (κ1) is 22.4. The fourth-order valence-corrected chi connectivity index (χ4v) is 3.29. The van der Waals surface area contributed by atoms with E-state index in [4.69, 9.17) is 22.4 Å². The number of carbonyl (C=O) groups excluding carboxylic acids is 1. The van der Waals surface area contributed by atoms with E-state index in [1.165, 1.54) is 4.90 Å². The summed E-state index contributed by atoms with van der Waals surface area (Å²) in [6.07, 6.45) is 3.77. The molecule has 0 fully saturated rings. The van der Waals surface area contributed by atoms with Gasteiger partial charge in [-0.3, -0.25) is 15.3 Å². The van der Waals surface area contributed by atoms with Gasteiger partial charge in [0.1, 0.15) is 11.3 Å². The average Bonchev–Trinajstić information content (AvgIpc) is 3.06. The molecule has 164 valence electrons. The van der Waals surface area contributed by atoms with Crippen LogP contribution in [0.2, 0.25) is 0 Å². The summed E-state index contributed by atoms with van der Waals surface area (Å²) < 4.78 is 5.42. The van der Waals surface area contributed by atoms with Crippen LogP contribution in [0.4, 0.5) is 22.0 Å². The molecule has 0 bridgehead atoms. The molecule has 9 nitrogen and oxygen atoms in total. The largest absolute Gasteiger partial charge is 0.443 e. The van der Waals surface area contributed by atoms with Gasteiger partial charge in [-0.15, -0.1) is 0 Å². The topological polar surface area (TPSA) is 106 Å². The Hall–Kier alpha value is -3.27. The van der Waals surface area contributed by atoms with E-state index in [2.05, 4.69) is 25.5 Å². The summed E-state index contributed by atoms with van der Waals surface area (Å²) >= 11 is 5.36. The molecule has 0 aliphatic carbocycles. The lowest BCUT2D eigenvalue weighted by Crippen LogP contribution is -2.37. The van der Waals surface area contributed by atoms with Crippen molar-refractivity contribution < 1.29 is 9.53 Å². The van der Waals surface area contributed by atoms with Crippen LogP contribution in [0.1, 0.15) is 32.0 Å². The maximum absolute atomic E-state index is 12.4. The van der Waals surface area contributed by atoms with Gasteiger partial charge in [0.25, 0.3) is 0 Å². The molecule has 0 spiro atoms. The van der Waals surface area contributed by atoms with Gasteiger partial charge in [0.2, 0.25) is 0 Å². The predicted molar refractivity (Wildman–Crippen MR) is 126 cm³/mol. The molecule has 1 aliphatic heterocycles. The number of fused-ring (bicyclic) bond motifs is 1. The van der Waals surface area contributed by atoms with E-state index in [1.54, 1.807) is 52.3 Å². The van der Waals surface area contributed by atoms with Crippen LogP contribution in [-0.4, -0.2) is 53.3 Å². The summed E-state index contributed by atoms with van der Waals surface area (Å²) in [5.74, 6) is 0.442. The first-order chi connectivity index (χ1) is 14.5. The Morgan fingerprint density at radius 2 is 2.10 bits per heavy atom. The minimum atomic E-state index is -0.620. The van der Waals surface area contributed by atoms with Gasteiger partial charge in [0.15, 0.2) is 16.8 Å². The molecular weight excluding hydrogens is 414 g/mol. The highest BCUT2D eigenvalue weighted by atomic mass is 32.1. The molecule has 0 saturated carbocycles. The molecule has 0 radical (unpaired) electrons. The van der Waals surface area contributed by atoms with Crippen molar-refractivity contribution in [3.05, 3.63) is 41.9 Å². The number of hydrogen-bond acceptors (Lipinski definition) is 7. The summed E-state index contributed by atoms with van der Waals surface area (Å²) in [6.45, 7) is 6.35. The minimum Gasteiger partial charge on any atom is -0.443 e. The number of anilines is 3. The zero-order chi connectivity index (χ0) is 22.8. The smallest absolute Gasteiger partial charge is 0.414 e. The van der Waals surface area contributed by atoms with Crippen molar-refractivity contribution >= 4 is 46.5 Å². The van der Waals surface area contributed by atoms with Crippen LogP contribution in [0.3, 0.4) is 0 Å². The molecule has 3 rings (SSSR count). The fraction of sp³-hybridized carbons (Fsp3) is 0.381. The Morgan fingerprint density at radius 1 is 1.35 bits per heavy atom. The average molecular weight is 442 g/mol. The first-order valence-electron chi connectivity index (χ1n) is 9.84. The van der Waals surface area contributed by atoms with Crippen LogP contribution in [0.15, 0.2) is 30.6 Å². The third kappa shape index (κ3) is 5.46. The van der Waals surface area contributed by atoms with Crippen LogP contribution in [-0.2, 0) is 11.2 Å². The lowest BCUT2D eigenvalue weighted by molar-refractivity contribution is 0.0589. The summed E-state index contributed by atoms with van der Waals surface area (Å²) in [5.41, 5.74) is 2.62. The van der Waals surface area contributed by atoms with E-state index < -0.39 is 11.7 Å². The molecule has 2 aromatic rings. The van der Waals surface area contributed by atoms with Crippen LogP contribution in [0.25, 0.3) is 0 Å². The third-order valence-electron chi connectivity index (χ3n) is 4.64. The van der Waals surface area contributed by atoms with Gasteiger partial charge in [0, 0.05) is 26.8 Å². The van der Waals surface area contributed by atoms with Gasteiger partial charge in [-0.1, -0.05) is 0 Å². The van der Waals surface area contributed by atoms with Crippen molar-refractivity contribution in [2.75, 3.05) is 35.8 Å². The monoisotopic (exact) mass is 441 g/mol. The second kappa shape index (κ2) is 8.84. The van der Waals surface area contributed by atoms with Crippen LogP contribution in [0.5, 0.6) is 0 Å². The fourth-order valence-electron chi connectivity index (χ4n) is 3.09. The lowest BCUT2D eigenvalue weighted by Gasteiger charge is -2.25. The number of rotatable bonds is 3. The maximum Gasteiger partial charge on any atom is 0.414 e. The van der Waals surface area contributed by atoms with Gasteiger partial charge in [-0.05, 0) is 63.2 Å². The Kier molecular flexibility index (Phi) is 6.40. The first-order valence-corrected chi connectivity index (χ1v) is 10.2. The van der Waals surface area contributed by atoms with E-state index in [0.717, 1.165) is 24.2 Å². The van der Waals surface area contributed by atoms with Crippen LogP contribution >= 0.6 is 12.2 Å². The zero-order valence-corrected chi connectivity index (χ0v) is 19.1. The van der Waals surface area contributed by atoms with Gasteiger partial charge in [-0.2, -0.15) is 0 Å². The van der Waals surface area contributed by atoms with Crippen molar-refractivity contribution in [2.45, 2.75) is 32.8 Å². The minimum absolute atomic E-state index is 0.0767. The second-order valence-corrected chi connectivity index (χ2v) is 8.64. The van der Waals surface area contributed by atoms with Crippen molar-refractivity contribution in [3.63, 3.8) is 0 Å². The maximum atomic E-state index is 12.4. The molecule has 0 atom stereocenters. The molecule has 0 saturated heterocycles. The van der Waals surface area contributed by atoms with Crippen molar-refractivity contribution in [3.8, 4) is 0 Å². The molecule has 3 heterocycles. The second-order valence-electron chi connectivity index (χ2n) is 8.23. The number of pyridine rings is 2. The summed E-state index contributed by atoms with van der Waals surface area (Å²) in [5, 5.41) is 14.3. The van der Waals surface area contributed by atoms with E-state index in [0.29, 0.717) is 17.2 Å². The molecule has 1 amide bonds. The van der Waals surface area contributed by atoms with E-state index in [9.17, 15) is 4.79 Å². The normalized spacial score (nSPS) is 12.7. The number of hydrogen-bond donors (Lipinski definition) is 3. The van der Waals surface area contributed by atoms with Crippen LogP contribution < -0.4 is 20.4 Å². The standard InChI is InChI=1S/C21H27N7O2S/c1-21(2,3)30-20(29)28(5)15-7-6-9-23-18(15)26-19(31)25-17(22)14-11-13-8-10-27(4)16(13)12-24-14/h6-7,9,11-12H,8,10H2,1-5H3,(H3,22,23,25,26,31). The molecule has 2 aromatic heterocycles. The predicted octanol–water partition coefficient (Wildman–Crippen LogP) is 3.15.